The van der Waals surface area contributed by atoms with Crippen LogP contribution in [0.15, 0.2) is 121 Å². The molecule has 6 nitrogen and oxygen atoms in total. The van der Waals surface area contributed by atoms with Gasteiger partial charge in [0.25, 0.3) is 0 Å². The van der Waals surface area contributed by atoms with Gasteiger partial charge in [0.2, 0.25) is 0 Å². The van der Waals surface area contributed by atoms with E-state index >= 15 is 0 Å². The van der Waals surface area contributed by atoms with Gasteiger partial charge in [0, 0.05) is 12.7 Å². The van der Waals surface area contributed by atoms with Crippen molar-refractivity contribution in [2.45, 2.75) is 63.9 Å². The highest BCUT2D eigenvalue weighted by Crippen LogP contribution is 2.32. The highest BCUT2D eigenvalue weighted by Gasteiger charge is 2.48. The minimum Gasteiger partial charge on any atom is -0.374 e. The van der Waals surface area contributed by atoms with Crippen molar-refractivity contribution >= 4 is 16.9 Å². The number of carbonyl (C=O) groups is 1. The zero-order valence-electron chi connectivity index (χ0n) is 25.0. The van der Waals surface area contributed by atoms with Gasteiger partial charge in [-0.1, -0.05) is 133 Å². The first kappa shape index (κ1) is 32.1. The zero-order chi connectivity index (χ0) is 30.4. The Kier molecular flexibility index (Phi) is 12.6. The lowest BCUT2D eigenvalue weighted by Crippen LogP contribution is -2.61. The molecule has 4 aromatic rings. The maximum atomic E-state index is 12.1. The van der Waals surface area contributed by atoms with Crippen molar-refractivity contribution in [2.24, 2.45) is 0 Å². The number of hydrogen-bond donors (Lipinski definition) is 0. The summed E-state index contributed by atoms with van der Waals surface area (Å²) in [6.45, 7) is 3.46. The van der Waals surface area contributed by atoms with Gasteiger partial charge in [-0.2, -0.15) is 0 Å². The number of carbonyl (C=O) groups excluding carboxylic acids is 1. The summed E-state index contributed by atoms with van der Waals surface area (Å²) in [5.41, 5.74) is 4.22. The van der Waals surface area contributed by atoms with E-state index in [0.717, 1.165) is 22.3 Å². The Morgan fingerprint density at radius 3 is 1.39 bits per heavy atom. The molecule has 1 heterocycles. The van der Waals surface area contributed by atoms with E-state index in [1.807, 2.05) is 121 Å². The van der Waals surface area contributed by atoms with Crippen molar-refractivity contribution in [3.8, 4) is 0 Å². The van der Waals surface area contributed by atoms with E-state index in [0.29, 0.717) is 38.8 Å². The second-order valence-corrected chi connectivity index (χ2v) is 12.0. The van der Waals surface area contributed by atoms with E-state index in [2.05, 4.69) is 0 Å². The summed E-state index contributed by atoms with van der Waals surface area (Å²) in [7, 11) is 0. The SMILES string of the molecule is CC(=O)SC[C@@H]1O[C@H](COCc2ccccc2)[C@@H](OCc2ccccc2)[C@H](OCc2ccccc2)[C@H]1OCc1ccccc1. The summed E-state index contributed by atoms with van der Waals surface area (Å²) < 4.78 is 33.0. The largest absolute Gasteiger partial charge is 0.374 e. The number of ether oxygens (including phenoxy) is 5. The lowest BCUT2D eigenvalue weighted by molar-refractivity contribution is -0.268. The minimum atomic E-state index is -0.492. The molecule has 0 saturated carbocycles. The number of benzene rings is 4. The van der Waals surface area contributed by atoms with Gasteiger partial charge < -0.3 is 23.7 Å². The Balaban J connectivity index is 1.42. The van der Waals surface area contributed by atoms with Crippen LogP contribution in [0.5, 0.6) is 0 Å². The molecule has 0 aliphatic carbocycles. The lowest BCUT2D eigenvalue weighted by Gasteiger charge is -2.46. The van der Waals surface area contributed by atoms with Gasteiger partial charge in [-0.3, -0.25) is 4.79 Å². The third kappa shape index (κ3) is 9.86. The van der Waals surface area contributed by atoms with Crippen LogP contribution in [0.2, 0.25) is 0 Å². The molecule has 1 aliphatic rings. The molecule has 1 aliphatic heterocycles. The van der Waals surface area contributed by atoms with E-state index in [1.165, 1.54) is 11.8 Å². The van der Waals surface area contributed by atoms with Crippen LogP contribution in [0.3, 0.4) is 0 Å². The fourth-order valence-electron chi connectivity index (χ4n) is 5.22. The van der Waals surface area contributed by atoms with Crippen LogP contribution >= 0.6 is 11.8 Å². The highest BCUT2D eigenvalue weighted by molar-refractivity contribution is 8.13. The molecule has 230 valence electrons. The molecule has 1 saturated heterocycles. The average Bonchev–Trinajstić information content (AvgIpc) is 3.07. The minimum absolute atomic E-state index is 0.0245. The lowest BCUT2D eigenvalue weighted by atomic mass is 9.94. The van der Waals surface area contributed by atoms with E-state index < -0.39 is 30.5 Å². The summed E-state index contributed by atoms with van der Waals surface area (Å²) in [5, 5.41) is 0.0245. The Bertz CT molecular complexity index is 1370. The molecule has 1 fully saturated rings. The highest BCUT2D eigenvalue weighted by atomic mass is 32.2. The van der Waals surface area contributed by atoms with Crippen molar-refractivity contribution in [1.29, 1.82) is 0 Å². The van der Waals surface area contributed by atoms with E-state index in [4.69, 9.17) is 23.7 Å². The second-order valence-electron chi connectivity index (χ2n) is 10.8. The van der Waals surface area contributed by atoms with Crippen molar-refractivity contribution in [1.82, 2.24) is 0 Å². The van der Waals surface area contributed by atoms with Gasteiger partial charge in [-0.25, -0.2) is 0 Å². The van der Waals surface area contributed by atoms with Crippen LogP contribution in [-0.4, -0.2) is 48.0 Å². The Morgan fingerprint density at radius 2 is 0.955 bits per heavy atom. The van der Waals surface area contributed by atoms with Gasteiger partial charge in [-0.15, -0.1) is 0 Å². The first-order chi connectivity index (χ1) is 21.7. The molecule has 0 bridgehead atoms. The summed E-state index contributed by atoms with van der Waals surface area (Å²) >= 11 is 1.23. The second kappa shape index (κ2) is 17.3. The van der Waals surface area contributed by atoms with Crippen LogP contribution in [0.1, 0.15) is 29.2 Å². The summed E-state index contributed by atoms with van der Waals surface area (Å²) in [4.78, 5) is 12.1. The van der Waals surface area contributed by atoms with Crippen LogP contribution in [0.4, 0.5) is 0 Å². The quantitative estimate of drug-likeness (QED) is 0.143. The van der Waals surface area contributed by atoms with Crippen LogP contribution in [0.25, 0.3) is 0 Å². The monoisotopic (exact) mass is 612 g/mol. The predicted octanol–water partition coefficient (Wildman–Crippen LogP) is 7.01. The molecule has 0 N–H and O–H groups in total. The molecule has 0 radical (unpaired) electrons. The molecule has 0 aromatic heterocycles. The van der Waals surface area contributed by atoms with Gasteiger partial charge in [0.15, 0.2) is 5.12 Å². The summed E-state index contributed by atoms with van der Waals surface area (Å²) in [6, 6.07) is 40.3. The molecule has 0 spiro atoms. The van der Waals surface area contributed by atoms with Gasteiger partial charge in [0.05, 0.1) is 39.1 Å². The Labute approximate surface area is 264 Å². The standard InChI is InChI=1S/C37H40O6S/c1-28(38)44-27-34-36(41-24-31-18-10-4-11-19-31)37(42-25-32-20-12-5-13-21-32)35(40-23-30-16-8-3-9-17-30)33(43-34)26-39-22-29-14-6-2-7-15-29/h2-21,33-37H,22-27H2,1H3/t33-,34+,35-,36+,37+/m1/s1. The van der Waals surface area contributed by atoms with Gasteiger partial charge in [-0.05, 0) is 22.3 Å². The molecule has 0 amide bonds. The van der Waals surface area contributed by atoms with Crippen molar-refractivity contribution < 1.29 is 28.5 Å². The molecule has 44 heavy (non-hydrogen) atoms. The predicted molar refractivity (Wildman–Crippen MR) is 173 cm³/mol. The molecule has 5 atom stereocenters. The fourth-order valence-corrected chi connectivity index (χ4v) is 5.89. The molecule has 7 heteroatoms. The van der Waals surface area contributed by atoms with Crippen molar-refractivity contribution in [2.75, 3.05) is 12.4 Å². The van der Waals surface area contributed by atoms with Crippen molar-refractivity contribution in [3.63, 3.8) is 0 Å². The summed E-state index contributed by atoms with van der Waals surface area (Å²) in [6.07, 6.45) is -2.34. The topological polar surface area (TPSA) is 63.2 Å². The smallest absolute Gasteiger partial charge is 0.185 e. The van der Waals surface area contributed by atoms with E-state index in [9.17, 15) is 4.79 Å². The molecule has 5 rings (SSSR count). The van der Waals surface area contributed by atoms with Crippen LogP contribution in [-0.2, 0) is 54.9 Å². The maximum absolute atomic E-state index is 12.1. The number of thioether (sulfide) groups is 1. The first-order valence-electron chi connectivity index (χ1n) is 15.0. The zero-order valence-corrected chi connectivity index (χ0v) is 25.9. The van der Waals surface area contributed by atoms with Crippen LogP contribution in [0, 0.1) is 0 Å². The summed E-state index contributed by atoms with van der Waals surface area (Å²) in [5.74, 6) is 0.431. The normalized spacial score (nSPS) is 21.6. The fraction of sp³-hybridized carbons (Fsp3) is 0.324. The number of hydrogen-bond acceptors (Lipinski definition) is 7. The van der Waals surface area contributed by atoms with Crippen molar-refractivity contribution in [3.05, 3.63) is 144 Å². The first-order valence-corrected chi connectivity index (χ1v) is 16.0. The van der Waals surface area contributed by atoms with Gasteiger partial charge in [0.1, 0.15) is 24.4 Å². The Morgan fingerprint density at radius 1 is 0.568 bits per heavy atom. The molecular weight excluding hydrogens is 572 g/mol. The van der Waals surface area contributed by atoms with E-state index in [1.54, 1.807) is 6.92 Å². The third-order valence-electron chi connectivity index (χ3n) is 7.43. The Hall–Kier alpha value is -3.30. The van der Waals surface area contributed by atoms with E-state index in [-0.39, 0.29) is 5.12 Å². The third-order valence-corrected chi connectivity index (χ3v) is 8.33. The molecule has 0 unspecified atom stereocenters. The number of rotatable bonds is 15. The van der Waals surface area contributed by atoms with Crippen LogP contribution < -0.4 is 0 Å². The van der Waals surface area contributed by atoms with Gasteiger partial charge >= 0.3 is 0 Å². The maximum Gasteiger partial charge on any atom is 0.185 e. The molecule has 4 aromatic carbocycles. The molecular formula is C37H40O6S. The average molecular weight is 613 g/mol.